The molecule has 0 aliphatic carbocycles. The normalized spacial score (nSPS) is 16.4. The Morgan fingerprint density at radius 3 is 2.83 bits per heavy atom. The van der Waals surface area contributed by atoms with Crippen LogP contribution >= 0.6 is 51.5 Å². The molecule has 122 valence electrons. The number of hydrogen-bond donors (Lipinski definition) is 2. The molecule has 0 bridgehead atoms. The topological polar surface area (TPSA) is 77.8 Å². The van der Waals surface area contributed by atoms with Crippen molar-refractivity contribution in [2.75, 3.05) is 6.54 Å². The lowest BCUT2D eigenvalue weighted by Gasteiger charge is -2.13. The summed E-state index contributed by atoms with van der Waals surface area (Å²) < 4.78 is 0.792. The van der Waals surface area contributed by atoms with Gasteiger partial charge in [-0.25, -0.2) is 0 Å². The van der Waals surface area contributed by atoms with E-state index in [1.165, 1.54) is 11.0 Å². The minimum atomic E-state index is -0.917. The van der Waals surface area contributed by atoms with Crippen LogP contribution < -0.4 is 0 Å². The lowest BCUT2D eigenvalue weighted by atomic mass is 10.2. The van der Waals surface area contributed by atoms with Gasteiger partial charge in [0.15, 0.2) is 0 Å². The van der Waals surface area contributed by atoms with Crippen LogP contribution in [0.3, 0.4) is 0 Å². The number of amides is 1. The highest BCUT2D eigenvalue weighted by Crippen LogP contribution is 2.37. The van der Waals surface area contributed by atoms with Crippen molar-refractivity contribution in [2.24, 2.45) is 0 Å². The van der Waals surface area contributed by atoms with Crippen molar-refractivity contribution in [3.8, 4) is 5.75 Å². The van der Waals surface area contributed by atoms with Gasteiger partial charge < -0.3 is 10.2 Å². The molecule has 1 aliphatic heterocycles. The van der Waals surface area contributed by atoms with Crippen LogP contribution in [0.25, 0.3) is 6.08 Å². The second kappa shape index (κ2) is 7.65. The van der Waals surface area contributed by atoms with E-state index in [0.717, 1.165) is 11.8 Å². The lowest BCUT2D eigenvalue weighted by Crippen LogP contribution is -2.29. The fraction of sp³-hybridized carbons (Fsp3) is 0.214. The smallest absolute Gasteiger partial charge is 0.303 e. The quantitative estimate of drug-likeness (QED) is 0.539. The molecule has 5 nitrogen and oxygen atoms in total. The maximum atomic E-state index is 12.4. The SMILES string of the molecule is O=C(O)CCCN1C(=O)C(=Cc2cc(Cl)cc(Br)c2O)SC1=S. The summed E-state index contributed by atoms with van der Waals surface area (Å²) in [5, 5.41) is 19.1. The number of phenolic OH excluding ortho intramolecular Hbond substituents is 1. The molecule has 1 amide bonds. The molecule has 2 rings (SSSR count). The number of benzene rings is 1. The number of carbonyl (C=O) groups excluding carboxylic acids is 1. The molecule has 9 heteroatoms. The van der Waals surface area contributed by atoms with Crippen molar-refractivity contribution >= 4 is 73.8 Å². The number of carboxylic acid groups (broad SMARTS) is 1. The first-order valence-corrected chi connectivity index (χ1v) is 8.84. The molecule has 1 heterocycles. The number of aliphatic carboxylic acids is 1. The van der Waals surface area contributed by atoms with Crippen LogP contribution in [0.4, 0.5) is 0 Å². The van der Waals surface area contributed by atoms with Crippen molar-refractivity contribution in [1.82, 2.24) is 4.90 Å². The Morgan fingerprint density at radius 2 is 2.17 bits per heavy atom. The molecule has 1 aromatic rings. The van der Waals surface area contributed by atoms with E-state index in [2.05, 4.69) is 15.9 Å². The summed E-state index contributed by atoms with van der Waals surface area (Å²) in [7, 11) is 0. The van der Waals surface area contributed by atoms with E-state index in [0.29, 0.717) is 30.7 Å². The van der Waals surface area contributed by atoms with Crippen LogP contribution in [-0.2, 0) is 9.59 Å². The van der Waals surface area contributed by atoms with Gasteiger partial charge in [0, 0.05) is 23.6 Å². The van der Waals surface area contributed by atoms with Gasteiger partial charge in [-0.05, 0) is 40.6 Å². The van der Waals surface area contributed by atoms with Crippen LogP contribution in [0.1, 0.15) is 18.4 Å². The first kappa shape index (κ1) is 18.3. The van der Waals surface area contributed by atoms with E-state index < -0.39 is 5.97 Å². The Labute approximate surface area is 155 Å². The van der Waals surface area contributed by atoms with E-state index in [1.54, 1.807) is 12.1 Å². The van der Waals surface area contributed by atoms with Crippen LogP contribution in [0.5, 0.6) is 5.75 Å². The molecule has 0 unspecified atom stereocenters. The summed E-state index contributed by atoms with van der Waals surface area (Å²) in [5.74, 6) is -1.24. The Hall–Kier alpha value is -1.09. The number of rotatable bonds is 5. The fourth-order valence-electron chi connectivity index (χ4n) is 1.92. The average molecular weight is 437 g/mol. The van der Waals surface area contributed by atoms with Crippen LogP contribution in [-0.4, -0.2) is 37.9 Å². The lowest BCUT2D eigenvalue weighted by molar-refractivity contribution is -0.137. The summed E-state index contributed by atoms with van der Waals surface area (Å²) in [5.41, 5.74) is 0.399. The van der Waals surface area contributed by atoms with Crippen molar-refractivity contribution in [2.45, 2.75) is 12.8 Å². The zero-order valence-electron chi connectivity index (χ0n) is 11.6. The summed E-state index contributed by atoms with van der Waals surface area (Å²) in [6.07, 6.45) is 1.81. The Morgan fingerprint density at radius 1 is 1.48 bits per heavy atom. The van der Waals surface area contributed by atoms with Gasteiger partial charge in [-0.2, -0.15) is 0 Å². The van der Waals surface area contributed by atoms with Crippen molar-refractivity contribution in [3.63, 3.8) is 0 Å². The molecular formula is C14H11BrClNO4S2. The van der Waals surface area contributed by atoms with Gasteiger partial charge in [-0.3, -0.25) is 14.5 Å². The molecule has 0 atom stereocenters. The highest BCUT2D eigenvalue weighted by atomic mass is 79.9. The van der Waals surface area contributed by atoms with Crippen LogP contribution in [0.15, 0.2) is 21.5 Å². The number of phenols is 1. The average Bonchev–Trinajstić information content (AvgIpc) is 2.71. The van der Waals surface area contributed by atoms with Gasteiger partial charge >= 0.3 is 5.97 Å². The monoisotopic (exact) mass is 435 g/mol. The van der Waals surface area contributed by atoms with Gasteiger partial charge in [0.25, 0.3) is 5.91 Å². The molecule has 0 spiro atoms. The summed E-state index contributed by atoms with van der Waals surface area (Å²) in [6, 6.07) is 3.09. The van der Waals surface area contributed by atoms with Gasteiger partial charge in [-0.15, -0.1) is 0 Å². The Bertz CT molecular complexity index is 723. The second-order valence-electron chi connectivity index (χ2n) is 4.66. The van der Waals surface area contributed by atoms with Gasteiger partial charge in [0.1, 0.15) is 10.1 Å². The van der Waals surface area contributed by atoms with Gasteiger partial charge in [-0.1, -0.05) is 35.6 Å². The highest BCUT2D eigenvalue weighted by molar-refractivity contribution is 9.10. The number of hydrogen-bond acceptors (Lipinski definition) is 5. The molecular weight excluding hydrogens is 426 g/mol. The molecule has 1 fully saturated rings. The maximum absolute atomic E-state index is 12.4. The van der Waals surface area contributed by atoms with Gasteiger partial charge in [0.2, 0.25) is 0 Å². The highest BCUT2D eigenvalue weighted by Gasteiger charge is 2.31. The first-order chi connectivity index (χ1) is 10.8. The third kappa shape index (κ3) is 4.47. The summed E-state index contributed by atoms with van der Waals surface area (Å²) in [6.45, 7) is 0.250. The minimum Gasteiger partial charge on any atom is -0.506 e. The number of thiocarbonyl (C=S) groups is 1. The number of carbonyl (C=O) groups is 2. The fourth-order valence-corrected chi connectivity index (χ4v) is 4.05. The molecule has 1 aromatic carbocycles. The summed E-state index contributed by atoms with van der Waals surface area (Å²) >= 11 is 15.4. The maximum Gasteiger partial charge on any atom is 0.303 e. The van der Waals surface area contributed by atoms with Gasteiger partial charge in [0.05, 0.1) is 9.38 Å². The van der Waals surface area contributed by atoms with E-state index in [9.17, 15) is 14.7 Å². The number of thioether (sulfide) groups is 1. The van der Waals surface area contributed by atoms with Crippen LogP contribution in [0.2, 0.25) is 5.02 Å². The number of halogens is 2. The standard InChI is InChI=1S/C14H11BrClNO4S2/c15-9-6-8(16)4-7(12(9)20)5-10-13(21)17(14(22)23-10)3-1-2-11(18)19/h4-6,20H,1-3H2,(H,18,19). The third-order valence-corrected chi connectivity index (χ3v) is 5.19. The van der Waals surface area contributed by atoms with Crippen molar-refractivity contribution in [1.29, 1.82) is 0 Å². The first-order valence-electron chi connectivity index (χ1n) is 6.44. The zero-order chi connectivity index (χ0) is 17.1. The third-order valence-electron chi connectivity index (χ3n) is 2.99. The summed E-state index contributed by atoms with van der Waals surface area (Å²) in [4.78, 5) is 24.6. The van der Waals surface area contributed by atoms with Crippen molar-refractivity contribution < 1.29 is 19.8 Å². The van der Waals surface area contributed by atoms with E-state index in [4.69, 9.17) is 28.9 Å². The Kier molecular flexibility index (Phi) is 6.07. The van der Waals surface area contributed by atoms with E-state index >= 15 is 0 Å². The second-order valence-corrected chi connectivity index (χ2v) is 7.62. The molecule has 23 heavy (non-hydrogen) atoms. The molecule has 0 aromatic heterocycles. The predicted molar refractivity (Wildman–Crippen MR) is 97.6 cm³/mol. The number of aromatic hydroxyl groups is 1. The number of carboxylic acids is 1. The van der Waals surface area contributed by atoms with E-state index in [1.807, 2.05) is 0 Å². The minimum absolute atomic E-state index is 0.0226. The molecule has 0 radical (unpaired) electrons. The van der Waals surface area contributed by atoms with E-state index in [-0.39, 0.29) is 24.6 Å². The van der Waals surface area contributed by atoms with Crippen molar-refractivity contribution in [3.05, 3.63) is 32.1 Å². The molecule has 0 saturated carbocycles. The predicted octanol–water partition coefficient (Wildman–Crippen LogP) is 3.87. The zero-order valence-corrected chi connectivity index (χ0v) is 15.6. The van der Waals surface area contributed by atoms with Crippen LogP contribution in [0, 0.1) is 0 Å². The molecule has 1 aliphatic rings. The molecule has 2 N–H and O–H groups in total. The largest absolute Gasteiger partial charge is 0.506 e. The molecule has 1 saturated heterocycles. The Balaban J connectivity index is 2.20. The number of nitrogens with zero attached hydrogens (tertiary/aromatic N) is 1.